The second kappa shape index (κ2) is 6.92. The Bertz CT molecular complexity index is 768. The number of anilines is 1. The predicted octanol–water partition coefficient (Wildman–Crippen LogP) is 4.41. The molecule has 3 rings (SSSR count). The average molecular weight is 351 g/mol. The molecular weight excluding hydrogens is 336 g/mol. The molecule has 126 valence electrons. The van der Waals surface area contributed by atoms with Gasteiger partial charge in [0.05, 0.1) is 17.2 Å². The summed E-state index contributed by atoms with van der Waals surface area (Å²) in [5.41, 5.74) is 0.447. The Morgan fingerprint density at radius 2 is 2.04 bits per heavy atom. The van der Waals surface area contributed by atoms with Crippen molar-refractivity contribution in [1.82, 2.24) is 0 Å². The predicted molar refractivity (Wildman–Crippen MR) is 87.7 cm³/mol. The minimum atomic E-state index is -0.706. The number of halogens is 1. The molecule has 1 N–H and O–H groups in total. The number of hydrogen-bond donors (Lipinski definition) is 1. The lowest BCUT2D eigenvalue weighted by atomic mass is 10.2. The van der Waals surface area contributed by atoms with Crippen molar-refractivity contribution in [1.29, 1.82) is 0 Å². The maximum atomic E-state index is 12.0. The molecule has 1 aliphatic rings. The zero-order valence-corrected chi connectivity index (χ0v) is 13.4. The summed E-state index contributed by atoms with van der Waals surface area (Å²) in [5.74, 6) is -0.651. The molecule has 1 fully saturated rings. The summed E-state index contributed by atoms with van der Waals surface area (Å²) >= 11 is 6.19. The molecule has 0 saturated heterocycles. The van der Waals surface area contributed by atoms with Crippen LogP contribution in [0.15, 0.2) is 34.7 Å². The molecule has 0 unspecified atom stereocenters. The topological polar surface area (TPSA) is 94.6 Å². The lowest BCUT2D eigenvalue weighted by Crippen LogP contribution is -2.12. The molecule has 1 aromatic carbocycles. The maximum Gasteiger partial charge on any atom is 0.433 e. The SMILES string of the molecule is O=C(Nc1ccc(OC2CCCC2)c(Cl)c1)c1ccc([N+](=O)[O-])o1. The first kappa shape index (κ1) is 16.3. The van der Waals surface area contributed by atoms with Crippen LogP contribution in [-0.2, 0) is 0 Å². The van der Waals surface area contributed by atoms with E-state index in [0.717, 1.165) is 31.7 Å². The van der Waals surface area contributed by atoms with Crippen LogP contribution in [0.2, 0.25) is 5.02 Å². The molecule has 0 radical (unpaired) electrons. The number of nitrogens with zero attached hydrogens (tertiary/aromatic N) is 1. The molecule has 1 amide bonds. The zero-order chi connectivity index (χ0) is 17.1. The standard InChI is InChI=1S/C16H15ClN2O5/c17-12-9-10(5-6-13(12)23-11-3-1-2-4-11)18-16(20)14-7-8-15(24-14)19(21)22/h5-9,11H,1-4H2,(H,18,20). The van der Waals surface area contributed by atoms with Crippen molar-refractivity contribution in [2.45, 2.75) is 31.8 Å². The van der Waals surface area contributed by atoms with Crippen LogP contribution < -0.4 is 10.1 Å². The van der Waals surface area contributed by atoms with E-state index in [-0.39, 0.29) is 11.9 Å². The molecule has 7 nitrogen and oxygen atoms in total. The maximum absolute atomic E-state index is 12.0. The van der Waals surface area contributed by atoms with Gasteiger partial charge in [0.15, 0.2) is 5.76 Å². The number of furan rings is 1. The number of benzene rings is 1. The summed E-state index contributed by atoms with van der Waals surface area (Å²) in [6.07, 6.45) is 4.54. The quantitative estimate of drug-likeness (QED) is 0.636. The number of nitrogens with one attached hydrogen (secondary N) is 1. The van der Waals surface area contributed by atoms with Gasteiger partial charge >= 0.3 is 5.88 Å². The normalized spacial score (nSPS) is 14.5. The van der Waals surface area contributed by atoms with Crippen molar-refractivity contribution < 1.29 is 18.9 Å². The van der Waals surface area contributed by atoms with Crippen LogP contribution >= 0.6 is 11.6 Å². The lowest BCUT2D eigenvalue weighted by molar-refractivity contribution is -0.402. The molecule has 1 saturated carbocycles. The molecule has 0 spiro atoms. The van der Waals surface area contributed by atoms with Gasteiger partial charge < -0.3 is 14.5 Å². The summed E-state index contributed by atoms with van der Waals surface area (Å²) in [6.45, 7) is 0. The van der Waals surface area contributed by atoms with Crippen molar-refractivity contribution in [3.8, 4) is 5.75 Å². The number of ether oxygens (including phenoxy) is 1. The van der Waals surface area contributed by atoms with Crippen LogP contribution in [0, 0.1) is 10.1 Å². The Morgan fingerprint density at radius 3 is 2.67 bits per heavy atom. The Morgan fingerprint density at radius 1 is 1.29 bits per heavy atom. The fourth-order valence-electron chi connectivity index (χ4n) is 2.60. The van der Waals surface area contributed by atoms with Gasteiger partial charge in [0, 0.05) is 5.69 Å². The van der Waals surface area contributed by atoms with Crippen LogP contribution in [0.3, 0.4) is 0 Å². The Labute approximate surface area is 142 Å². The van der Waals surface area contributed by atoms with Gasteiger partial charge in [0.25, 0.3) is 5.91 Å². The molecule has 0 bridgehead atoms. The number of amides is 1. The first-order valence-corrected chi connectivity index (χ1v) is 7.92. The second-order valence-electron chi connectivity index (χ2n) is 5.52. The lowest BCUT2D eigenvalue weighted by Gasteiger charge is -2.15. The summed E-state index contributed by atoms with van der Waals surface area (Å²) in [7, 11) is 0. The van der Waals surface area contributed by atoms with E-state index in [1.807, 2.05) is 0 Å². The second-order valence-corrected chi connectivity index (χ2v) is 5.93. The van der Waals surface area contributed by atoms with Crippen LogP contribution in [0.1, 0.15) is 36.2 Å². The van der Waals surface area contributed by atoms with Gasteiger partial charge in [-0.05, 0) is 49.9 Å². The minimum absolute atomic E-state index is 0.149. The molecule has 1 aromatic heterocycles. The van der Waals surface area contributed by atoms with Crippen LogP contribution in [0.4, 0.5) is 11.6 Å². The van der Waals surface area contributed by atoms with Gasteiger partial charge in [-0.2, -0.15) is 0 Å². The summed E-state index contributed by atoms with van der Waals surface area (Å²) in [5, 5.41) is 13.5. The van der Waals surface area contributed by atoms with Gasteiger partial charge in [-0.15, -0.1) is 0 Å². The van der Waals surface area contributed by atoms with E-state index in [0.29, 0.717) is 16.5 Å². The molecule has 2 aromatic rings. The molecule has 1 aliphatic carbocycles. The molecule has 0 atom stereocenters. The molecule has 1 heterocycles. The molecule has 0 aliphatic heterocycles. The Balaban J connectivity index is 1.67. The van der Waals surface area contributed by atoms with Crippen LogP contribution in [0.5, 0.6) is 5.75 Å². The summed E-state index contributed by atoms with van der Waals surface area (Å²) < 4.78 is 10.7. The van der Waals surface area contributed by atoms with Crippen molar-refractivity contribution in [3.63, 3.8) is 0 Å². The largest absolute Gasteiger partial charge is 0.489 e. The van der Waals surface area contributed by atoms with E-state index in [2.05, 4.69) is 5.32 Å². The molecule has 24 heavy (non-hydrogen) atoms. The highest BCUT2D eigenvalue weighted by molar-refractivity contribution is 6.32. The fraction of sp³-hybridized carbons (Fsp3) is 0.312. The van der Waals surface area contributed by atoms with E-state index in [9.17, 15) is 14.9 Å². The number of carbonyl (C=O) groups excluding carboxylic acids is 1. The van der Waals surface area contributed by atoms with Gasteiger partial charge in [0.2, 0.25) is 0 Å². The third-order valence-electron chi connectivity index (χ3n) is 3.78. The van der Waals surface area contributed by atoms with E-state index < -0.39 is 16.7 Å². The van der Waals surface area contributed by atoms with Crippen molar-refractivity contribution in [2.24, 2.45) is 0 Å². The number of carbonyl (C=O) groups is 1. The van der Waals surface area contributed by atoms with Gasteiger partial charge in [-0.1, -0.05) is 11.6 Å². The van der Waals surface area contributed by atoms with Crippen LogP contribution in [0.25, 0.3) is 0 Å². The number of rotatable bonds is 5. The Hall–Kier alpha value is -2.54. The number of nitro groups is 1. The van der Waals surface area contributed by atoms with Crippen LogP contribution in [-0.4, -0.2) is 16.9 Å². The van der Waals surface area contributed by atoms with E-state index in [1.165, 1.54) is 6.07 Å². The highest BCUT2D eigenvalue weighted by Crippen LogP contribution is 2.32. The highest BCUT2D eigenvalue weighted by atomic mass is 35.5. The van der Waals surface area contributed by atoms with Gasteiger partial charge in [-0.3, -0.25) is 14.9 Å². The third-order valence-corrected chi connectivity index (χ3v) is 4.08. The van der Waals surface area contributed by atoms with Gasteiger partial charge in [-0.25, -0.2) is 0 Å². The van der Waals surface area contributed by atoms with Crippen molar-refractivity contribution in [2.75, 3.05) is 5.32 Å². The number of hydrogen-bond acceptors (Lipinski definition) is 5. The third kappa shape index (κ3) is 3.68. The Kier molecular flexibility index (Phi) is 4.71. The first-order chi connectivity index (χ1) is 11.5. The van der Waals surface area contributed by atoms with Crippen molar-refractivity contribution in [3.05, 3.63) is 51.2 Å². The minimum Gasteiger partial charge on any atom is -0.489 e. The molecular formula is C16H15ClN2O5. The average Bonchev–Trinajstić information content (AvgIpc) is 3.21. The zero-order valence-electron chi connectivity index (χ0n) is 12.7. The molecule has 8 heteroatoms. The highest BCUT2D eigenvalue weighted by Gasteiger charge is 2.19. The first-order valence-electron chi connectivity index (χ1n) is 7.55. The van der Waals surface area contributed by atoms with E-state index in [1.54, 1.807) is 18.2 Å². The van der Waals surface area contributed by atoms with Crippen molar-refractivity contribution >= 4 is 29.1 Å². The van der Waals surface area contributed by atoms with E-state index >= 15 is 0 Å². The smallest absolute Gasteiger partial charge is 0.433 e. The summed E-state index contributed by atoms with van der Waals surface area (Å²) in [4.78, 5) is 21.9. The fourth-order valence-corrected chi connectivity index (χ4v) is 2.83. The summed E-state index contributed by atoms with van der Waals surface area (Å²) in [6, 6.07) is 7.29. The van der Waals surface area contributed by atoms with Gasteiger partial charge in [0.1, 0.15) is 10.7 Å². The van der Waals surface area contributed by atoms with E-state index in [4.69, 9.17) is 20.8 Å². The monoisotopic (exact) mass is 350 g/mol.